The molecule has 32 heavy (non-hydrogen) atoms. The van der Waals surface area contributed by atoms with Gasteiger partial charge in [0.05, 0.1) is 5.69 Å². The molecule has 0 unspecified atom stereocenters. The van der Waals surface area contributed by atoms with E-state index >= 15 is 0 Å². The van der Waals surface area contributed by atoms with Gasteiger partial charge in [-0.1, -0.05) is 18.2 Å². The van der Waals surface area contributed by atoms with Gasteiger partial charge < -0.3 is 15.0 Å². The molecule has 0 bridgehead atoms. The van der Waals surface area contributed by atoms with E-state index in [4.69, 9.17) is 4.74 Å². The third-order valence-electron chi connectivity index (χ3n) is 5.27. The first-order chi connectivity index (χ1) is 15.6. The number of aromatic nitrogens is 1. The zero-order valence-electron chi connectivity index (χ0n) is 18.0. The van der Waals surface area contributed by atoms with Crippen molar-refractivity contribution < 1.29 is 14.3 Å². The first-order valence-corrected chi connectivity index (χ1v) is 10.6. The summed E-state index contributed by atoms with van der Waals surface area (Å²) in [4.78, 5) is 30.2. The van der Waals surface area contributed by atoms with E-state index in [1.54, 1.807) is 24.1 Å². The second-order valence-electron chi connectivity index (χ2n) is 7.62. The Balaban J connectivity index is 1.33. The van der Waals surface area contributed by atoms with Gasteiger partial charge in [-0.05, 0) is 72.5 Å². The molecule has 0 fully saturated rings. The molecule has 2 amide bonds. The van der Waals surface area contributed by atoms with Crippen LogP contribution in [0.2, 0.25) is 0 Å². The SMILES string of the molecule is CC(=O)N1CCCc2cc(NC(=O)/C=C/c3ccc(OCc4ccccn4)cc3)ccc21. The number of fused-ring (bicyclic) bond motifs is 1. The molecule has 3 aromatic rings. The maximum Gasteiger partial charge on any atom is 0.248 e. The number of nitrogens with one attached hydrogen (secondary N) is 1. The Hall–Kier alpha value is -3.93. The predicted molar refractivity (Wildman–Crippen MR) is 125 cm³/mol. The van der Waals surface area contributed by atoms with E-state index < -0.39 is 0 Å². The maximum absolute atomic E-state index is 12.4. The summed E-state index contributed by atoms with van der Waals surface area (Å²) in [7, 11) is 0. The molecule has 6 nitrogen and oxygen atoms in total. The van der Waals surface area contributed by atoms with E-state index in [1.807, 2.05) is 60.7 Å². The molecule has 4 rings (SSSR count). The zero-order valence-corrected chi connectivity index (χ0v) is 18.0. The Kier molecular flexibility index (Phi) is 6.60. The van der Waals surface area contributed by atoms with Crippen LogP contribution in [0, 0.1) is 0 Å². The second kappa shape index (κ2) is 9.92. The van der Waals surface area contributed by atoms with Gasteiger partial charge in [0, 0.05) is 37.1 Å². The molecule has 0 atom stereocenters. The summed E-state index contributed by atoms with van der Waals surface area (Å²) in [5.74, 6) is 0.574. The van der Waals surface area contributed by atoms with Gasteiger partial charge in [-0.25, -0.2) is 0 Å². The molecule has 1 aliphatic rings. The maximum atomic E-state index is 12.4. The zero-order chi connectivity index (χ0) is 22.3. The number of hydrogen-bond donors (Lipinski definition) is 1. The normalized spacial score (nSPS) is 13.0. The van der Waals surface area contributed by atoms with Crippen LogP contribution >= 0.6 is 0 Å². The fourth-order valence-electron chi connectivity index (χ4n) is 3.67. The number of amides is 2. The summed E-state index contributed by atoms with van der Waals surface area (Å²) in [5, 5.41) is 2.90. The number of benzene rings is 2. The highest BCUT2D eigenvalue weighted by atomic mass is 16.5. The molecule has 2 aromatic carbocycles. The molecule has 0 saturated carbocycles. The fraction of sp³-hybridized carbons (Fsp3) is 0.192. The second-order valence-corrected chi connectivity index (χ2v) is 7.62. The van der Waals surface area contributed by atoms with Crippen LogP contribution in [0.4, 0.5) is 11.4 Å². The van der Waals surface area contributed by atoms with Crippen LogP contribution in [0.3, 0.4) is 0 Å². The van der Waals surface area contributed by atoms with Crippen molar-refractivity contribution in [3.05, 3.63) is 89.8 Å². The van der Waals surface area contributed by atoms with Crippen molar-refractivity contribution in [2.75, 3.05) is 16.8 Å². The molecule has 0 saturated heterocycles. The highest BCUT2D eigenvalue weighted by Gasteiger charge is 2.20. The average molecular weight is 428 g/mol. The molecule has 6 heteroatoms. The quantitative estimate of drug-likeness (QED) is 0.583. The summed E-state index contributed by atoms with van der Waals surface area (Å²) < 4.78 is 5.73. The Morgan fingerprint density at radius 1 is 1.12 bits per heavy atom. The number of hydrogen-bond acceptors (Lipinski definition) is 4. The number of ether oxygens (including phenoxy) is 1. The number of anilines is 2. The van der Waals surface area contributed by atoms with Gasteiger partial charge in [0.15, 0.2) is 0 Å². The number of nitrogens with zero attached hydrogens (tertiary/aromatic N) is 2. The van der Waals surface area contributed by atoms with Crippen molar-refractivity contribution in [2.24, 2.45) is 0 Å². The average Bonchev–Trinajstić information content (AvgIpc) is 2.82. The van der Waals surface area contributed by atoms with Crippen LogP contribution in [0.1, 0.15) is 30.2 Å². The monoisotopic (exact) mass is 427 g/mol. The minimum absolute atomic E-state index is 0.0406. The van der Waals surface area contributed by atoms with Crippen molar-refractivity contribution in [2.45, 2.75) is 26.4 Å². The predicted octanol–water partition coefficient (Wildman–Crippen LogP) is 4.61. The van der Waals surface area contributed by atoms with Crippen molar-refractivity contribution in [1.82, 2.24) is 4.98 Å². The molecule has 0 aliphatic carbocycles. The highest BCUT2D eigenvalue weighted by Crippen LogP contribution is 2.29. The van der Waals surface area contributed by atoms with Crippen molar-refractivity contribution in [1.29, 1.82) is 0 Å². The Labute approximate surface area is 187 Å². The molecule has 1 aliphatic heterocycles. The first-order valence-electron chi connectivity index (χ1n) is 10.6. The number of rotatable bonds is 6. The standard InChI is InChI=1S/C26H25N3O3/c1-19(30)29-16-4-5-21-17-22(10-13-25(21)29)28-26(31)14-9-20-7-11-24(12-8-20)32-18-23-6-2-3-15-27-23/h2-3,6-15,17H,4-5,16,18H2,1H3,(H,28,31)/b14-9+. The molecule has 0 spiro atoms. The smallest absolute Gasteiger partial charge is 0.248 e. The Morgan fingerprint density at radius 2 is 1.97 bits per heavy atom. The third kappa shape index (κ3) is 5.40. The minimum Gasteiger partial charge on any atom is -0.487 e. The molecular formula is C26H25N3O3. The number of carbonyl (C=O) groups excluding carboxylic acids is 2. The lowest BCUT2D eigenvalue weighted by molar-refractivity contribution is -0.116. The molecule has 1 aromatic heterocycles. The molecule has 0 radical (unpaired) electrons. The Morgan fingerprint density at radius 3 is 2.72 bits per heavy atom. The van der Waals surface area contributed by atoms with Crippen LogP contribution < -0.4 is 15.0 Å². The van der Waals surface area contributed by atoms with E-state index in [0.717, 1.165) is 53.3 Å². The van der Waals surface area contributed by atoms with Crippen molar-refractivity contribution in [3.63, 3.8) is 0 Å². The van der Waals surface area contributed by atoms with Crippen LogP contribution in [0.15, 0.2) is 72.9 Å². The molecule has 162 valence electrons. The summed E-state index contributed by atoms with van der Waals surface area (Å²) >= 11 is 0. The summed E-state index contributed by atoms with van der Waals surface area (Å²) in [6.45, 7) is 2.72. The van der Waals surface area contributed by atoms with Gasteiger partial charge in [-0.15, -0.1) is 0 Å². The van der Waals surface area contributed by atoms with Gasteiger partial charge in [-0.3, -0.25) is 14.6 Å². The summed E-state index contributed by atoms with van der Waals surface area (Å²) in [6, 6.07) is 18.9. The third-order valence-corrected chi connectivity index (χ3v) is 5.27. The highest BCUT2D eigenvalue weighted by molar-refractivity contribution is 6.02. The van der Waals surface area contributed by atoms with Gasteiger partial charge >= 0.3 is 0 Å². The molecule has 1 N–H and O–H groups in total. The lowest BCUT2D eigenvalue weighted by atomic mass is 10.0. The van der Waals surface area contributed by atoms with Crippen molar-refractivity contribution >= 4 is 29.3 Å². The number of carbonyl (C=O) groups is 2. The lowest BCUT2D eigenvalue weighted by Gasteiger charge is -2.28. The first kappa shape index (κ1) is 21.3. The minimum atomic E-state index is -0.209. The van der Waals surface area contributed by atoms with E-state index in [0.29, 0.717) is 6.61 Å². The van der Waals surface area contributed by atoms with Crippen LogP contribution in [0.25, 0.3) is 6.08 Å². The van der Waals surface area contributed by atoms with Crippen molar-refractivity contribution in [3.8, 4) is 5.75 Å². The lowest BCUT2D eigenvalue weighted by Crippen LogP contribution is -2.33. The van der Waals surface area contributed by atoms with Gasteiger partial charge in [-0.2, -0.15) is 0 Å². The van der Waals surface area contributed by atoms with Crippen LogP contribution in [-0.4, -0.2) is 23.3 Å². The van der Waals surface area contributed by atoms with E-state index in [2.05, 4.69) is 10.3 Å². The Bertz CT molecular complexity index is 1120. The van der Waals surface area contributed by atoms with E-state index in [1.165, 1.54) is 6.08 Å². The van der Waals surface area contributed by atoms with Gasteiger partial charge in [0.25, 0.3) is 0 Å². The van der Waals surface area contributed by atoms with Gasteiger partial charge in [0.2, 0.25) is 11.8 Å². The topological polar surface area (TPSA) is 71.5 Å². The molecular weight excluding hydrogens is 402 g/mol. The largest absolute Gasteiger partial charge is 0.487 e. The number of aryl methyl sites for hydroxylation is 1. The van der Waals surface area contributed by atoms with Crippen LogP contribution in [0.5, 0.6) is 5.75 Å². The summed E-state index contributed by atoms with van der Waals surface area (Å²) in [6.07, 6.45) is 6.82. The van der Waals surface area contributed by atoms with E-state index in [9.17, 15) is 9.59 Å². The van der Waals surface area contributed by atoms with E-state index in [-0.39, 0.29) is 11.8 Å². The van der Waals surface area contributed by atoms with Gasteiger partial charge in [0.1, 0.15) is 12.4 Å². The summed E-state index contributed by atoms with van der Waals surface area (Å²) in [5.41, 5.74) is 4.50. The van der Waals surface area contributed by atoms with Crippen LogP contribution in [-0.2, 0) is 22.6 Å². The number of pyridine rings is 1. The fourth-order valence-corrected chi connectivity index (χ4v) is 3.67. The molecule has 2 heterocycles.